The predicted molar refractivity (Wildman–Crippen MR) is 84.2 cm³/mol. The number of rotatable bonds is 7. The molecule has 1 saturated heterocycles. The first-order valence-electron chi connectivity index (χ1n) is 7.67. The van der Waals surface area contributed by atoms with Crippen molar-refractivity contribution in [3.8, 4) is 0 Å². The van der Waals surface area contributed by atoms with E-state index in [0.29, 0.717) is 19.6 Å². The fraction of sp³-hybridized carbons (Fsp3) is 0.529. The number of carbonyl (C=O) groups is 1. The van der Waals surface area contributed by atoms with Gasteiger partial charge in [-0.1, -0.05) is 30.3 Å². The third kappa shape index (κ3) is 4.93. The van der Waals surface area contributed by atoms with Gasteiger partial charge in [0.05, 0.1) is 6.61 Å². The van der Waals surface area contributed by atoms with Gasteiger partial charge in [0, 0.05) is 19.2 Å². The van der Waals surface area contributed by atoms with Crippen LogP contribution in [0.5, 0.6) is 0 Å². The number of ether oxygens (including phenoxy) is 2. The van der Waals surface area contributed by atoms with E-state index in [1.165, 1.54) is 0 Å². The standard InChI is InChI=1S/C17H23NO4/c1-17(16(19)20,18-13-14-7-3-2-4-8-14)10-12-22-15-9-5-6-11-21-15/h2-4,7-8,13,15H,5-6,9-12H2,1H3,(H,19,20). The second-order valence-corrected chi connectivity index (χ2v) is 5.66. The first kappa shape index (κ1) is 16.6. The lowest BCUT2D eigenvalue weighted by atomic mass is 9.99. The zero-order chi connectivity index (χ0) is 15.8. The van der Waals surface area contributed by atoms with E-state index in [-0.39, 0.29) is 6.29 Å². The number of carboxylic acids is 1. The maximum absolute atomic E-state index is 11.5. The number of aliphatic carboxylic acids is 1. The summed E-state index contributed by atoms with van der Waals surface area (Å²) in [6, 6.07) is 9.47. The highest BCUT2D eigenvalue weighted by atomic mass is 16.7. The maximum atomic E-state index is 11.5. The molecule has 120 valence electrons. The fourth-order valence-electron chi connectivity index (χ4n) is 2.21. The van der Waals surface area contributed by atoms with Crippen molar-refractivity contribution in [2.24, 2.45) is 4.99 Å². The van der Waals surface area contributed by atoms with Gasteiger partial charge in [0.2, 0.25) is 0 Å². The van der Waals surface area contributed by atoms with Crippen LogP contribution in [0.2, 0.25) is 0 Å². The fourth-order valence-corrected chi connectivity index (χ4v) is 2.21. The quantitative estimate of drug-likeness (QED) is 0.787. The lowest BCUT2D eigenvalue weighted by Crippen LogP contribution is -2.35. The Kier molecular flexibility index (Phi) is 6.10. The van der Waals surface area contributed by atoms with Gasteiger partial charge >= 0.3 is 5.97 Å². The molecule has 1 N–H and O–H groups in total. The molecule has 0 aromatic heterocycles. The van der Waals surface area contributed by atoms with E-state index in [1.54, 1.807) is 13.1 Å². The van der Waals surface area contributed by atoms with E-state index in [2.05, 4.69) is 4.99 Å². The molecule has 0 bridgehead atoms. The Bertz CT molecular complexity index is 497. The Morgan fingerprint density at radius 1 is 1.45 bits per heavy atom. The normalized spacial score (nSPS) is 21.6. The van der Waals surface area contributed by atoms with E-state index in [9.17, 15) is 9.90 Å². The summed E-state index contributed by atoms with van der Waals surface area (Å²) in [7, 11) is 0. The van der Waals surface area contributed by atoms with Gasteiger partial charge in [-0.15, -0.1) is 0 Å². The molecule has 1 aliphatic heterocycles. The van der Waals surface area contributed by atoms with Crippen molar-refractivity contribution in [2.75, 3.05) is 13.2 Å². The first-order valence-corrected chi connectivity index (χ1v) is 7.67. The van der Waals surface area contributed by atoms with E-state index >= 15 is 0 Å². The second kappa shape index (κ2) is 8.06. The molecule has 1 aromatic carbocycles. The van der Waals surface area contributed by atoms with Crippen molar-refractivity contribution < 1.29 is 19.4 Å². The van der Waals surface area contributed by atoms with E-state index < -0.39 is 11.5 Å². The number of aliphatic imine (C=N–C) groups is 1. The van der Waals surface area contributed by atoms with Crippen LogP contribution in [0.15, 0.2) is 35.3 Å². The lowest BCUT2D eigenvalue weighted by molar-refractivity contribution is -0.167. The molecule has 5 nitrogen and oxygen atoms in total. The Morgan fingerprint density at radius 2 is 2.23 bits per heavy atom. The maximum Gasteiger partial charge on any atom is 0.331 e. The molecule has 0 spiro atoms. The number of nitrogens with zero attached hydrogens (tertiary/aromatic N) is 1. The number of hydrogen-bond donors (Lipinski definition) is 1. The predicted octanol–water partition coefficient (Wildman–Crippen LogP) is 2.88. The lowest BCUT2D eigenvalue weighted by Gasteiger charge is -2.25. The molecule has 22 heavy (non-hydrogen) atoms. The summed E-state index contributed by atoms with van der Waals surface area (Å²) in [5.41, 5.74) is -0.309. The van der Waals surface area contributed by atoms with Gasteiger partial charge in [0.1, 0.15) is 0 Å². The van der Waals surface area contributed by atoms with Crippen LogP contribution in [-0.2, 0) is 14.3 Å². The zero-order valence-corrected chi connectivity index (χ0v) is 12.9. The molecular weight excluding hydrogens is 282 g/mol. The van der Waals surface area contributed by atoms with Crippen molar-refractivity contribution in [3.63, 3.8) is 0 Å². The van der Waals surface area contributed by atoms with Gasteiger partial charge in [-0.25, -0.2) is 4.79 Å². The molecule has 1 fully saturated rings. The van der Waals surface area contributed by atoms with Crippen molar-refractivity contribution >= 4 is 12.2 Å². The van der Waals surface area contributed by atoms with Crippen LogP contribution in [0.3, 0.4) is 0 Å². The van der Waals surface area contributed by atoms with Gasteiger partial charge < -0.3 is 14.6 Å². The summed E-state index contributed by atoms with van der Waals surface area (Å²) in [4.78, 5) is 15.8. The third-order valence-electron chi connectivity index (χ3n) is 3.79. The van der Waals surface area contributed by atoms with Crippen LogP contribution >= 0.6 is 0 Å². The molecule has 5 heteroatoms. The van der Waals surface area contributed by atoms with E-state index in [4.69, 9.17) is 9.47 Å². The van der Waals surface area contributed by atoms with Crippen LogP contribution in [-0.4, -0.2) is 42.3 Å². The number of hydrogen-bond acceptors (Lipinski definition) is 4. The molecule has 1 aromatic rings. The average Bonchev–Trinajstić information content (AvgIpc) is 2.55. The van der Waals surface area contributed by atoms with Crippen molar-refractivity contribution in [1.82, 2.24) is 0 Å². The SMILES string of the molecule is CC(CCOC1CCCCO1)(N=Cc1ccccc1)C(=O)O. The minimum atomic E-state index is -1.19. The number of carboxylic acid groups (broad SMARTS) is 1. The van der Waals surface area contributed by atoms with Crippen LogP contribution in [0.4, 0.5) is 0 Å². The molecule has 2 unspecified atom stereocenters. The molecule has 2 rings (SSSR count). The highest BCUT2D eigenvalue weighted by Crippen LogP contribution is 2.19. The molecule has 0 aliphatic carbocycles. The summed E-state index contributed by atoms with van der Waals surface area (Å²) in [6.45, 7) is 2.65. The molecule has 1 aliphatic rings. The van der Waals surface area contributed by atoms with Crippen molar-refractivity contribution in [2.45, 2.75) is 44.4 Å². The Hall–Kier alpha value is -1.72. The minimum absolute atomic E-state index is 0.204. The topological polar surface area (TPSA) is 68.1 Å². The van der Waals surface area contributed by atoms with Crippen LogP contribution in [0, 0.1) is 0 Å². The highest BCUT2D eigenvalue weighted by Gasteiger charge is 2.32. The summed E-state index contributed by atoms with van der Waals surface area (Å²) < 4.78 is 11.1. The summed E-state index contributed by atoms with van der Waals surface area (Å²) >= 11 is 0. The van der Waals surface area contributed by atoms with Gasteiger partial charge in [0.25, 0.3) is 0 Å². The van der Waals surface area contributed by atoms with Gasteiger partial charge in [0.15, 0.2) is 11.8 Å². The Labute approximate surface area is 131 Å². The minimum Gasteiger partial charge on any atom is -0.479 e. The molecule has 0 radical (unpaired) electrons. The Morgan fingerprint density at radius 3 is 2.86 bits per heavy atom. The van der Waals surface area contributed by atoms with Crippen LogP contribution in [0.25, 0.3) is 0 Å². The summed E-state index contributed by atoms with van der Waals surface area (Å²) in [5, 5.41) is 9.45. The first-order chi connectivity index (χ1) is 10.6. The summed E-state index contributed by atoms with van der Waals surface area (Å²) in [6.07, 6.45) is 4.74. The largest absolute Gasteiger partial charge is 0.479 e. The van der Waals surface area contributed by atoms with Gasteiger partial charge in [-0.05, 0) is 31.7 Å². The molecule has 0 saturated carbocycles. The monoisotopic (exact) mass is 305 g/mol. The average molecular weight is 305 g/mol. The zero-order valence-electron chi connectivity index (χ0n) is 12.9. The third-order valence-corrected chi connectivity index (χ3v) is 3.79. The van der Waals surface area contributed by atoms with Crippen LogP contribution in [0.1, 0.15) is 38.2 Å². The molecular formula is C17H23NO4. The molecule has 1 heterocycles. The Balaban J connectivity index is 1.90. The highest BCUT2D eigenvalue weighted by molar-refractivity contribution is 5.85. The second-order valence-electron chi connectivity index (χ2n) is 5.66. The molecule has 2 atom stereocenters. The van der Waals surface area contributed by atoms with Crippen molar-refractivity contribution in [1.29, 1.82) is 0 Å². The smallest absolute Gasteiger partial charge is 0.331 e. The van der Waals surface area contributed by atoms with E-state index in [1.807, 2.05) is 30.3 Å². The summed E-state index contributed by atoms with van der Waals surface area (Å²) in [5.74, 6) is -0.951. The van der Waals surface area contributed by atoms with Crippen molar-refractivity contribution in [3.05, 3.63) is 35.9 Å². The van der Waals surface area contributed by atoms with E-state index in [0.717, 1.165) is 24.8 Å². The van der Waals surface area contributed by atoms with Gasteiger partial charge in [-0.3, -0.25) is 4.99 Å². The van der Waals surface area contributed by atoms with Gasteiger partial charge in [-0.2, -0.15) is 0 Å². The molecule has 0 amide bonds. The number of benzene rings is 1. The van der Waals surface area contributed by atoms with Crippen LogP contribution < -0.4 is 0 Å².